The fraction of sp³-hybridized carbons (Fsp3) is 0.200. The Morgan fingerprint density at radius 2 is 1.38 bits per heavy atom. The van der Waals surface area contributed by atoms with Crippen molar-refractivity contribution in [2.75, 3.05) is 7.11 Å². The molecule has 0 bridgehead atoms. The van der Waals surface area contributed by atoms with Crippen LogP contribution in [0.5, 0.6) is 0 Å². The largest absolute Gasteiger partial charge is 0.366 e. The van der Waals surface area contributed by atoms with E-state index in [4.69, 9.17) is 4.74 Å². The molecule has 0 saturated heterocycles. The Bertz CT molecular complexity index is 809. The van der Waals surface area contributed by atoms with Crippen molar-refractivity contribution in [3.05, 3.63) is 60.2 Å². The molecule has 104 valence electrons. The van der Waals surface area contributed by atoms with Gasteiger partial charge in [-0.3, -0.25) is 0 Å². The summed E-state index contributed by atoms with van der Waals surface area (Å²) in [6.45, 7) is 3.96. The Morgan fingerprint density at radius 1 is 0.857 bits per heavy atom. The normalized spacial score (nSPS) is 11.4. The van der Waals surface area contributed by atoms with E-state index in [9.17, 15) is 0 Å². The lowest BCUT2D eigenvalue weighted by Gasteiger charge is -2.14. The summed E-state index contributed by atoms with van der Waals surface area (Å²) < 4.78 is 5.41. The lowest BCUT2D eigenvalue weighted by molar-refractivity contribution is 0.0742. The summed E-state index contributed by atoms with van der Waals surface area (Å²) in [6.07, 6.45) is 0. The van der Waals surface area contributed by atoms with Crippen molar-refractivity contribution in [3.63, 3.8) is 0 Å². The Morgan fingerprint density at radius 3 is 1.90 bits per heavy atom. The minimum absolute atomic E-state index is 0.446. The van der Waals surface area contributed by atoms with Crippen molar-refractivity contribution < 1.29 is 4.74 Å². The van der Waals surface area contributed by atoms with Gasteiger partial charge in [0.25, 0.3) is 0 Å². The standard InChI is InChI=1S/C20H18O/c1-20(2,21-3)13-12-19-17-10-6-4-8-15(17)14-16-9-5-7-11-18(16)19/h4-11,14H,1-3H3. The van der Waals surface area contributed by atoms with Crippen molar-refractivity contribution in [1.82, 2.24) is 0 Å². The van der Waals surface area contributed by atoms with Gasteiger partial charge in [-0.05, 0) is 41.5 Å². The summed E-state index contributed by atoms with van der Waals surface area (Å²) in [6, 6.07) is 19.0. The summed E-state index contributed by atoms with van der Waals surface area (Å²) in [5, 5.41) is 4.82. The second-order valence-electron chi connectivity index (χ2n) is 5.66. The predicted molar refractivity (Wildman–Crippen MR) is 89.4 cm³/mol. The van der Waals surface area contributed by atoms with Gasteiger partial charge in [-0.2, -0.15) is 0 Å². The highest BCUT2D eigenvalue weighted by atomic mass is 16.5. The Hall–Kier alpha value is -2.30. The van der Waals surface area contributed by atoms with Gasteiger partial charge in [0.15, 0.2) is 0 Å². The monoisotopic (exact) mass is 274 g/mol. The maximum Gasteiger partial charge on any atom is 0.123 e. The minimum atomic E-state index is -0.446. The van der Waals surface area contributed by atoms with Gasteiger partial charge in [0.05, 0.1) is 0 Å². The molecule has 0 amide bonds. The van der Waals surface area contributed by atoms with E-state index in [1.165, 1.54) is 21.5 Å². The number of methoxy groups -OCH3 is 1. The number of ether oxygens (including phenoxy) is 1. The van der Waals surface area contributed by atoms with Crippen LogP contribution in [0.3, 0.4) is 0 Å². The van der Waals surface area contributed by atoms with E-state index in [1.807, 2.05) is 13.8 Å². The lowest BCUT2D eigenvalue weighted by atomic mass is 9.96. The zero-order valence-corrected chi connectivity index (χ0v) is 12.6. The van der Waals surface area contributed by atoms with Gasteiger partial charge < -0.3 is 4.74 Å². The number of benzene rings is 3. The highest BCUT2D eigenvalue weighted by molar-refractivity contribution is 6.04. The molecule has 1 heteroatoms. The Balaban J connectivity index is 2.35. The Labute approximate surface area is 125 Å². The van der Waals surface area contributed by atoms with Crippen LogP contribution >= 0.6 is 0 Å². The van der Waals surface area contributed by atoms with Crippen LogP contribution in [0.4, 0.5) is 0 Å². The molecule has 0 fully saturated rings. The quantitative estimate of drug-likeness (QED) is 0.459. The minimum Gasteiger partial charge on any atom is -0.366 e. The topological polar surface area (TPSA) is 9.23 Å². The van der Waals surface area contributed by atoms with E-state index in [0.29, 0.717) is 0 Å². The van der Waals surface area contributed by atoms with E-state index < -0.39 is 5.60 Å². The number of hydrogen-bond acceptors (Lipinski definition) is 1. The van der Waals surface area contributed by atoms with Gasteiger partial charge in [-0.15, -0.1) is 0 Å². The lowest BCUT2D eigenvalue weighted by Crippen LogP contribution is -2.19. The molecule has 0 aromatic heterocycles. The van der Waals surface area contributed by atoms with Crippen molar-refractivity contribution >= 4 is 21.5 Å². The van der Waals surface area contributed by atoms with Crippen molar-refractivity contribution in [2.45, 2.75) is 19.4 Å². The number of rotatable bonds is 1. The molecule has 0 aliphatic rings. The second-order valence-corrected chi connectivity index (χ2v) is 5.66. The fourth-order valence-electron chi connectivity index (χ4n) is 2.41. The summed E-state index contributed by atoms with van der Waals surface area (Å²) in [4.78, 5) is 0. The smallest absolute Gasteiger partial charge is 0.123 e. The van der Waals surface area contributed by atoms with E-state index in [-0.39, 0.29) is 0 Å². The molecular weight excluding hydrogens is 256 g/mol. The van der Waals surface area contributed by atoms with Gasteiger partial charge in [0.2, 0.25) is 0 Å². The van der Waals surface area contributed by atoms with Crippen LogP contribution in [-0.2, 0) is 4.74 Å². The van der Waals surface area contributed by atoms with Gasteiger partial charge >= 0.3 is 0 Å². The molecule has 1 nitrogen and oxygen atoms in total. The molecule has 0 aliphatic heterocycles. The number of fused-ring (bicyclic) bond motifs is 2. The summed E-state index contributed by atoms with van der Waals surface area (Å²) in [7, 11) is 1.69. The van der Waals surface area contributed by atoms with Crippen LogP contribution < -0.4 is 0 Å². The fourth-order valence-corrected chi connectivity index (χ4v) is 2.41. The highest BCUT2D eigenvalue weighted by Crippen LogP contribution is 2.27. The summed E-state index contributed by atoms with van der Waals surface area (Å²) in [5.41, 5.74) is 0.631. The van der Waals surface area contributed by atoms with Crippen LogP contribution in [0.15, 0.2) is 54.6 Å². The third-order valence-corrected chi connectivity index (χ3v) is 3.77. The number of hydrogen-bond donors (Lipinski definition) is 0. The van der Waals surface area contributed by atoms with Crippen molar-refractivity contribution in [1.29, 1.82) is 0 Å². The molecule has 3 aromatic carbocycles. The molecule has 3 rings (SSSR count). The molecule has 3 aromatic rings. The average Bonchev–Trinajstić information content (AvgIpc) is 2.51. The molecule has 0 radical (unpaired) electrons. The third-order valence-electron chi connectivity index (χ3n) is 3.77. The molecule has 0 atom stereocenters. The first kappa shape index (κ1) is 13.7. The SMILES string of the molecule is COC(C)(C)C#Cc1c2ccccc2cc2ccccc12. The second kappa shape index (κ2) is 5.24. The molecule has 0 saturated carbocycles. The molecule has 0 aliphatic carbocycles. The van der Waals surface area contributed by atoms with Crippen molar-refractivity contribution in [3.8, 4) is 11.8 Å². The summed E-state index contributed by atoms with van der Waals surface area (Å²) in [5.74, 6) is 6.58. The van der Waals surface area contributed by atoms with Gasteiger partial charge in [0, 0.05) is 12.7 Å². The van der Waals surface area contributed by atoms with Gasteiger partial charge in [0.1, 0.15) is 5.60 Å². The predicted octanol–water partition coefficient (Wildman–Crippen LogP) is 4.77. The van der Waals surface area contributed by atoms with Crippen LogP contribution in [0.1, 0.15) is 19.4 Å². The first-order valence-corrected chi connectivity index (χ1v) is 7.09. The van der Waals surface area contributed by atoms with Crippen molar-refractivity contribution in [2.24, 2.45) is 0 Å². The van der Waals surface area contributed by atoms with Gasteiger partial charge in [-0.1, -0.05) is 60.4 Å². The maximum absolute atomic E-state index is 5.41. The first-order valence-electron chi connectivity index (χ1n) is 7.09. The van der Waals surface area contributed by atoms with E-state index >= 15 is 0 Å². The molecule has 0 N–H and O–H groups in total. The molecule has 0 heterocycles. The van der Waals surface area contributed by atoms with Crippen LogP contribution in [-0.4, -0.2) is 12.7 Å². The Kier molecular flexibility index (Phi) is 3.41. The highest BCUT2D eigenvalue weighted by Gasteiger charge is 2.12. The molecule has 0 unspecified atom stereocenters. The van der Waals surface area contributed by atoms with E-state index in [0.717, 1.165) is 5.56 Å². The first-order chi connectivity index (χ1) is 10.1. The zero-order chi connectivity index (χ0) is 14.9. The molecule has 0 spiro atoms. The molecule has 21 heavy (non-hydrogen) atoms. The van der Waals surface area contributed by atoms with Crippen LogP contribution in [0.2, 0.25) is 0 Å². The van der Waals surface area contributed by atoms with E-state index in [1.54, 1.807) is 7.11 Å². The maximum atomic E-state index is 5.41. The van der Waals surface area contributed by atoms with E-state index in [2.05, 4.69) is 66.4 Å². The molecular formula is C20H18O. The van der Waals surface area contributed by atoms with Crippen LogP contribution in [0.25, 0.3) is 21.5 Å². The van der Waals surface area contributed by atoms with Crippen LogP contribution in [0, 0.1) is 11.8 Å². The zero-order valence-electron chi connectivity index (χ0n) is 12.6. The third kappa shape index (κ3) is 2.63. The summed E-state index contributed by atoms with van der Waals surface area (Å²) >= 11 is 0. The van der Waals surface area contributed by atoms with Gasteiger partial charge in [-0.25, -0.2) is 0 Å². The average molecular weight is 274 g/mol.